The maximum absolute atomic E-state index is 11.5. The van der Waals surface area contributed by atoms with E-state index in [-0.39, 0.29) is 5.56 Å². The number of aromatic nitrogens is 2. The highest BCUT2D eigenvalue weighted by Gasteiger charge is 2.04. The number of aromatic amines is 2. The Morgan fingerprint density at radius 2 is 2.12 bits per heavy atom. The molecule has 2 N–H and O–H groups in total. The molecule has 0 radical (unpaired) electrons. The van der Waals surface area contributed by atoms with Gasteiger partial charge in [-0.25, -0.2) is 0 Å². The lowest BCUT2D eigenvalue weighted by Gasteiger charge is -2.05. The van der Waals surface area contributed by atoms with Crippen molar-refractivity contribution in [3.63, 3.8) is 0 Å². The van der Waals surface area contributed by atoms with Gasteiger partial charge < -0.3 is 4.98 Å². The molecule has 0 amide bonds. The molecule has 0 atom stereocenters. The number of halogens is 1. The van der Waals surface area contributed by atoms with Gasteiger partial charge in [-0.3, -0.25) is 9.78 Å². The van der Waals surface area contributed by atoms with Crippen LogP contribution in [0.5, 0.6) is 0 Å². The van der Waals surface area contributed by atoms with Crippen molar-refractivity contribution >= 4 is 23.8 Å². The number of H-pyrrole nitrogens is 2. The third-order valence-electron chi connectivity index (χ3n) is 2.55. The minimum atomic E-state index is -0.147. The summed E-state index contributed by atoms with van der Waals surface area (Å²) >= 11 is 10.9. The first-order valence-corrected chi connectivity index (χ1v) is 5.91. The first kappa shape index (κ1) is 12.1. The second-order valence-corrected chi connectivity index (χ2v) is 4.66. The van der Waals surface area contributed by atoms with Crippen molar-refractivity contribution in [2.75, 3.05) is 0 Å². The van der Waals surface area contributed by atoms with Crippen LogP contribution in [0.4, 0.5) is 0 Å². The summed E-state index contributed by atoms with van der Waals surface area (Å²) in [5.41, 5.74) is 2.36. The minimum absolute atomic E-state index is 0.147. The molecule has 0 aliphatic rings. The van der Waals surface area contributed by atoms with Crippen LogP contribution in [0.15, 0.2) is 29.1 Å². The van der Waals surface area contributed by atoms with Gasteiger partial charge in [-0.15, -0.1) is 0 Å². The monoisotopic (exact) mass is 266 g/mol. The van der Waals surface area contributed by atoms with Crippen LogP contribution in [0.3, 0.4) is 0 Å². The first-order valence-electron chi connectivity index (χ1n) is 5.13. The summed E-state index contributed by atoms with van der Waals surface area (Å²) in [7, 11) is 0. The molecular weight excluding hydrogens is 256 g/mol. The Kier molecular flexibility index (Phi) is 3.45. The van der Waals surface area contributed by atoms with E-state index in [0.29, 0.717) is 21.8 Å². The molecule has 1 aromatic heterocycles. The second kappa shape index (κ2) is 4.85. The topological polar surface area (TPSA) is 48.6 Å². The van der Waals surface area contributed by atoms with Gasteiger partial charge in [-0.1, -0.05) is 23.7 Å². The van der Waals surface area contributed by atoms with Gasteiger partial charge in [0.05, 0.1) is 0 Å². The predicted molar refractivity (Wildman–Crippen MR) is 71.2 cm³/mol. The van der Waals surface area contributed by atoms with Gasteiger partial charge in [0.25, 0.3) is 5.56 Å². The van der Waals surface area contributed by atoms with E-state index in [0.717, 1.165) is 11.3 Å². The van der Waals surface area contributed by atoms with E-state index >= 15 is 0 Å². The Bertz CT molecular complexity index is 660. The normalized spacial score (nSPS) is 10.5. The van der Waals surface area contributed by atoms with E-state index in [4.69, 9.17) is 23.8 Å². The highest BCUT2D eigenvalue weighted by molar-refractivity contribution is 7.71. The lowest BCUT2D eigenvalue weighted by atomic mass is 10.1. The van der Waals surface area contributed by atoms with Crippen LogP contribution in [0.25, 0.3) is 0 Å². The van der Waals surface area contributed by atoms with Crippen LogP contribution in [-0.4, -0.2) is 9.97 Å². The molecule has 0 aliphatic carbocycles. The zero-order valence-electron chi connectivity index (χ0n) is 9.21. The van der Waals surface area contributed by atoms with Gasteiger partial charge in [0.2, 0.25) is 0 Å². The zero-order valence-corrected chi connectivity index (χ0v) is 10.8. The quantitative estimate of drug-likeness (QED) is 0.821. The summed E-state index contributed by atoms with van der Waals surface area (Å²) in [6, 6.07) is 7.54. The van der Waals surface area contributed by atoms with Crippen molar-refractivity contribution in [3.8, 4) is 0 Å². The summed E-state index contributed by atoms with van der Waals surface area (Å²) < 4.78 is 0.345. The van der Waals surface area contributed by atoms with Crippen LogP contribution in [0, 0.1) is 11.7 Å². The second-order valence-electron chi connectivity index (χ2n) is 3.82. The maximum Gasteiger partial charge on any atom is 0.254 e. The Morgan fingerprint density at radius 3 is 2.82 bits per heavy atom. The molecule has 0 saturated heterocycles. The third kappa shape index (κ3) is 2.84. The fourth-order valence-corrected chi connectivity index (χ4v) is 2.05. The van der Waals surface area contributed by atoms with Gasteiger partial charge in [-0.05, 0) is 36.8 Å². The number of benzene rings is 1. The van der Waals surface area contributed by atoms with Crippen molar-refractivity contribution in [1.82, 2.24) is 9.97 Å². The molecule has 88 valence electrons. The lowest BCUT2D eigenvalue weighted by Crippen LogP contribution is -2.15. The summed E-state index contributed by atoms with van der Waals surface area (Å²) in [6.07, 6.45) is 0.611. The number of hydrogen-bond donors (Lipinski definition) is 2. The van der Waals surface area contributed by atoms with Crippen molar-refractivity contribution < 1.29 is 0 Å². The van der Waals surface area contributed by atoms with E-state index < -0.39 is 0 Å². The van der Waals surface area contributed by atoms with Crippen LogP contribution < -0.4 is 5.56 Å². The van der Waals surface area contributed by atoms with Crippen LogP contribution >= 0.6 is 23.8 Å². The van der Waals surface area contributed by atoms with E-state index in [1.54, 1.807) is 6.92 Å². The Hall–Kier alpha value is -1.39. The fourth-order valence-electron chi connectivity index (χ4n) is 1.62. The Balaban J connectivity index is 2.43. The SMILES string of the molecule is Cc1c(Cc2cccc(Cl)c2)[nH]c(=S)[nH]c1=O. The van der Waals surface area contributed by atoms with E-state index in [1.165, 1.54) is 0 Å². The first-order chi connectivity index (χ1) is 8.06. The van der Waals surface area contributed by atoms with Gasteiger partial charge in [0.15, 0.2) is 4.77 Å². The van der Waals surface area contributed by atoms with Crippen molar-refractivity contribution in [2.45, 2.75) is 13.3 Å². The maximum atomic E-state index is 11.5. The molecule has 0 spiro atoms. The van der Waals surface area contributed by atoms with Crippen LogP contribution in [-0.2, 0) is 6.42 Å². The summed E-state index contributed by atoms with van der Waals surface area (Å²) in [6.45, 7) is 1.77. The van der Waals surface area contributed by atoms with Crippen LogP contribution in [0.2, 0.25) is 5.02 Å². The molecule has 1 heterocycles. The molecule has 2 aromatic rings. The molecule has 2 rings (SSSR count). The van der Waals surface area contributed by atoms with E-state index in [2.05, 4.69) is 9.97 Å². The van der Waals surface area contributed by atoms with Crippen molar-refractivity contribution in [3.05, 3.63) is 61.2 Å². The third-order valence-corrected chi connectivity index (χ3v) is 2.99. The lowest BCUT2D eigenvalue weighted by molar-refractivity contribution is 0.953. The average Bonchev–Trinajstić information content (AvgIpc) is 2.25. The standard InChI is InChI=1S/C12H11ClN2OS/c1-7-10(14-12(17)15-11(7)16)6-8-3-2-4-9(13)5-8/h2-5H,6H2,1H3,(H2,14,15,16,17). The molecule has 0 bridgehead atoms. The molecule has 0 aliphatic heterocycles. The Morgan fingerprint density at radius 1 is 1.35 bits per heavy atom. The number of rotatable bonds is 2. The van der Waals surface area contributed by atoms with E-state index in [9.17, 15) is 4.79 Å². The van der Waals surface area contributed by atoms with Crippen molar-refractivity contribution in [1.29, 1.82) is 0 Å². The highest BCUT2D eigenvalue weighted by Crippen LogP contribution is 2.14. The molecule has 5 heteroatoms. The highest BCUT2D eigenvalue weighted by atomic mass is 35.5. The predicted octanol–water partition coefficient (Wildman–Crippen LogP) is 2.99. The molecule has 0 fully saturated rings. The molecule has 0 unspecified atom stereocenters. The zero-order chi connectivity index (χ0) is 12.4. The fraction of sp³-hybridized carbons (Fsp3) is 0.167. The molecule has 0 saturated carbocycles. The van der Waals surface area contributed by atoms with Crippen molar-refractivity contribution in [2.24, 2.45) is 0 Å². The van der Waals surface area contributed by atoms with Crippen LogP contribution in [0.1, 0.15) is 16.8 Å². The van der Waals surface area contributed by atoms with Gasteiger partial charge in [0.1, 0.15) is 0 Å². The summed E-state index contributed by atoms with van der Waals surface area (Å²) in [4.78, 5) is 17.1. The van der Waals surface area contributed by atoms with E-state index in [1.807, 2.05) is 24.3 Å². The minimum Gasteiger partial charge on any atom is -0.335 e. The summed E-state index contributed by atoms with van der Waals surface area (Å²) in [5.74, 6) is 0. The molecule has 17 heavy (non-hydrogen) atoms. The molecule has 1 aromatic carbocycles. The number of hydrogen-bond acceptors (Lipinski definition) is 2. The smallest absolute Gasteiger partial charge is 0.254 e. The molecular formula is C12H11ClN2OS. The molecule has 3 nitrogen and oxygen atoms in total. The van der Waals surface area contributed by atoms with Gasteiger partial charge in [-0.2, -0.15) is 0 Å². The average molecular weight is 267 g/mol. The van der Waals surface area contributed by atoms with Gasteiger partial charge >= 0.3 is 0 Å². The van der Waals surface area contributed by atoms with Gasteiger partial charge in [0, 0.05) is 22.7 Å². The summed E-state index contributed by atoms with van der Waals surface area (Å²) in [5, 5.41) is 0.684. The number of nitrogens with one attached hydrogen (secondary N) is 2. The Labute approximate surface area is 108 Å². The largest absolute Gasteiger partial charge is 0.335 e.